The molecule has 6 heteroatoms. The number of imidazole rings is 1. The minimum Gasteiger partial charge on any atom is -0.333 e. The molecular weight excluding hydrogens is 232 g/mol. The Kier molecular flexibility index (Phi) is 3.40. The van der Waals surface area contributed by atoms with Crippen LogP contribution in [0.3, 0.4) is 0 Å². The quantitative estimate of drug-likeness (QED) is 0.640. The van der Waals surface area contributed by atoms with Crippen LogP contribution >= 0.6 is 11.8 Å². The van der Waals surface area contributed by atoms with Gasteiger partial charge in [-0.25, -0.2) is 13.8 Å². The molecule has 1 aromatic carbocycles. The zero-order chi connectivity index (χ0) is 11.5. The van der Waals surface area contributed by atoms with E-state index in [1.165, 1.54) is 11.8 Å². The number of nitrogens with zero attached hydrogens (tertiary/aromatic N) is 1. The molecule has 2 aromatic rings. The maximum Gasteiger partial charge on any atom is 0.166 e. The highest BCUT2D eigenvalue weighted by Crippen LogP contribution is 2.21. The Hall–Kier alpha value is -1.14. The summed E-state index contributed by atoms with van der Waals surface area (Å²) in [5.41, 5.74) is 6.31. The summed E-state index contributed by atoms with van der Waals surface area (Å²) in [6.45, 7) is 0.622. The Labute approximate surface area is 95.4 Å². The summed E-state index contributed by atoms with van der Waals surface area (Å²) in [5, 5.41) is 0.661. The molecule has 16 heavy (non-hydrogen) atoms. The molecule has 1 aromatic heterocycles. The lowest BCUT2D eigenvalue weighted by atomic mass is 10.3. The number of aromatic nitrogens is 2. The van der Waals surface area contributed by atoms with E-state index in [-0.39, 0.29) is 0 Å². The Morgan fingerprint density at radius 3 is 2.81 bits per heavy atom. The van der Waals surface area contributed by atoms with Crippen molar-refractivity contribution in [1.82, 2.24) is 9.97 Å². The number of thioether (sulfide) groups is 1. The monoisotopic (exact) mass is 243 g/mol. The van der Waals surface area contributed by atoms with E-state index in [9.17, 15) is 8.78 Å². The third kappa shape index (κ3) is 2.33. The number of hydrogen-bond acceptors (Lipinski definition) is 3. The van der Waals surface area contributed by atoms with Crippen LogP contribution in [0.2, 0.25) is 0 Å². The van der Waals surface area contributed by atoms with Gasteiger partial charge in [0.15, 0.2) is 16.8 Å². The maximum absolute atomic E-state index is 12.9. The fourth-order valence-electron chi connectivity index (χ4n) is 1.30. The molecule has 1 heterocycles. The second kappa shape index (κ2) is 4.80. The molecule has 2 rings (SSSR count). The first-order chi connectivity index (χ1) is 7.70. The van der Waals surface area contributed by atoms with Crippen LogP contribution in [0.25, 0.3) is 11.0 Å². The van der Waals surface area contributed by atoms with Crippen molar-refractivity contribution >= 4 is 22.8 Å². The summed E-state index contributed by atoms with van der Waals surface area (Å²) in [7, 11) is 0. The van der Waals surface area contributed by atoms with Gasteiger partial charge >= 0.3 is 0 Å². The smallest absolute Gasteiger partial charge is 0.166 e. The molecule has 0 aliphatic rings. The number of hydrogen-bond donors (Lipinski definition) is 2. The van der Waals surface area contributed by atoms with Gasteiger partial charge in [-0.2, -0.15) is 0 Å². The molecule has 0 bridgehead atoms. The van der Waals surface area contributed by atoms with Crippen molar-refractivity contribution in [3.8, 4) is 0 Å². The largest absolute Gasteiger partial charge is 0.333 e. The second-order valence-electron chi connectivity index (χ2n) is 3.32. The average molecular weight is 243 g/mol. The van der Waals surface area contributed by atoms with Crippen LogP contribution in [-0.2, 0) is 0 Å². The van der Waals surface area contributed by atoms with Gasteiger partial charge in [-0.05, 0) is 13.0 Å². The van der Waals surface area contributed by atoms with Crippen LogP contribution in [0.4, 0.5) is 8.78 Å². The van der Waals surface area contributed by atoms with E-state index in [1.54, 1.807) is 0 Å². The molecule has 0 atom stereocenters. The van der Waals surface area contributed by atoms with Crippen LogP contribution < -0.4 is 5.73 Å². The number of H-pyrrole nitrogens is 1. The fraction of sp³-hybridized carbons (Fsp3) is 0.300. The van der Waals surface area contributed by atoms with Gasteiger partial charge in [0.05, 0.1) is 11.0 Å². The number of rotatable bonds is 4. The molecule has 0 aliphatic carbocycles. The molecule has 0 saturated heterocycles. The van der Waals surface area contributed by atoms with Crippen LogP contribution in [0.15, 0.2) is 17.3 Å². The van der Waals surface area contributed by atoms with Crippen LogP contribution in [0, 0.1) is 11.6 Å². The maximum atomic E-state index is 12.9. The van der Waals surface area contributed by atoms with Gasteiger partial charge in [0.2, 0.25) is 0 Å². The molecule has 0 aliphatic heterocycles. The Morgan fingerprint density at radius 1 is 1.31 bits per heavy atom. The van der Waals surface area contributed by atoms with Crippen molar-refractivity contribution in [3.05, 3.63) is 23.8 Å². The number of benzene rings is 1. The summed E-state index contributed by atoms with van der Waals surface area (Å²) in [5.74, 6) is -0.909. The number of nitrogens with two attached hydrogens (primary N) is 1. The summed E-state index contributed by atoms with van der Waals surface area (Å²) < 4.78 is 25.8. The summed E-state index contributed by atoms with van der Waals surface area (Å²) >= 11 is 1.49. The van der Waals surface area contributed by atoms with E-state index < -0.39 is 11.6 Å². The molecule has 0 amide bonds. The molecular formula is C10H11F2N3S. The van der Waals surface area contributed by atoms with Gasteiger partial charge < -0.3 is 10.7 Å². The van der Waals surface area contributed by atoms with Crippen molar-refractivity contribution in [3.63, 3.8) is 0 Å². The summed E-state index contributed by atoms with van der Waals surface area (Å²) in [6, 6.07) is 2.21. The van der Waals surface area contributed by atoms with Crippen LogP contribution in [0.1, 0.15) is 6.42 Å². The lowest BCUT2D eigenvalue weighted by Gasteiger charge is -1.93. The predicted octanol–water partition coefficient (Wildman–Crippen LogP) is 2.28. The highest BCUT2D eigenvalue weighted by atomic mass is 32.2. The van der Waals surface area contributed by atoms with Gasteiger partial charge in [0, 0.05) is 17.9 Å². The SMILES string of the molecule is NCCCSc1nc2cc(F)c(F)cc2[nH]1. The lowest BCUT2D eigenvalue weighted by molar-refractivity contribution is 0.510. The summed E-state index contributed by atoms with van der Waals surface area (Å²) in [6.07, 6.45) is 0.879. The first-order valence-corrected chi connectivity index (χ1v) is 5.87. The highest BCUT2D eigenvalue weighted by Gasteiger charge is 2.08. The van der Waals surface area contributed by atoms with E-state index >= 15 is 0 Å². The van der Waals surface area contributed by atoms with Gasteiger partial charge in [-0.15, -0.1) is 0 Å². The first kappa shape index (κ1) is 11.3. The van der Waals surface area contributed by atoms with Gasteiger partial charge in [-0.1, -0.05) is 11.8 Å². The number of aromatic amines is 1. The van der Waals surface area contributed by atoms with Crippen LogP contribution in [-0.4, -0.2) is 22.3 Å². The van der Waals surface area contributed by atoms with Crippen molar-refractivity contribution in [2.75, 3.05) is 12.3 Å². The van der Waals surface area contributed by atoms with Gasteiger partial charge in [-0.3, -0.25) is 0 Å². The molecule has 3 nitrogen and oxygen atoms in total. The fourth-order valence-corrected chi connectivity index (χ4v) is 2.15. The van der Waals surface area contributed by atoms with E-state index in [2.05, 4.69) is 9.97 Å². The molecule has 0 spiro atoms. The first-order valence-electron chi connectivity index (χ1n) is 4.88. The van der Waals surface area contributed by atoms with E-state index in [0.717, 1.165) is 24.3 Å². The van der Waals surface area contributed by atoms with Crippen LogP contribution in [0.5, 0.6) is 0 Å². The minimum atomic E-state index is -0.877. The zero-order valence-electron chi connectivity index (χ0n) is 8.46. The van der Waals surface area contributed by atoms with Crippen molar-refractivity contribution in [2.45, 2.75) is 11.6 Å². The standard InChI is InChI=1S/C10H11F2N3S/c11-6-4-8-9(5-7(6)12)15-10(14-8)16-3-1-2-13/h4-5H,1-3,13H2,(H,14,15). The number of nitrogens with one attached hydrogen (secondary N) is 1. The number of fused-ring (bicyclic) bond motifs is 1. The Bertz CT molecular complexity index is 459. The van der Waals surface area contributed by atoms with Crippen molar-refractivity contribution in [2.24, 2.45) is 5.73 Å². The van der Waals surface area contributed by atoms with Gasteiger partial charge in [0.1, 0.15) is 0 Å². The second-order valence-corrected chi connectivity index (χ2v) is 4.40. The van der Waals surface area contributed by atoms with E-state index in [4.69, 9.17) is 5.73 Å². The predicted molar refractivity (Wildman–Crippen MR) is 60.4 cm³/mol. The Balaban J connectivity index is 2.23. The molecule has 0 unspecified atom stereocenters. The van der Waals surface area contributed by atoms with E-state index in [0.29, 0.717) is 22.7 Å². The third-order valence-electron chi connectivity index (χ3n) is 2.09. The molecule has 0 fully saturated rings. The zero-order valence-corrected chi connectivity index (χ0v) is 9.28. The molecule has 86 valence electrons. The topological polar surface area (TPSA) is 54.7 Å². The molecule has 3 N–H and O–H groups in total. The third-order valence-corrected chi connectivity index (χ3v) is 3.05. The van der Waals surface area contributed by atoms with E-state index in [1.807, 2.05) is 0 Å². The highest BCUT2D eigenvalue weighted by molar-refractivity contribution is 7.99. The Morgan fingerprint density at radius 2 is 2.06 bits per heavy atom. The minimum absolute atomic E-state index is 0.439. The molecule has 0 radical (unpaired) electrons. The average Bonchev–Trinajstić information content (AvgIpc) is 2.61. The lowest BCUT2D eigenvalue weighted by Crippen LogP contribution is -1.99. The van der Waals surface area contributed by atoms with Crippen molar-refractivity contribution < 1.29 is 8.78 Å². The normalized spacial score (nSPS) is 11.2. The van der Waals surface area contributed by atoms with Crippen molar-refractivity contribution in [1.29, 1.82) is 0 Å². The van der Waals surface area contributed by atoms with Gasteiger partial charge in [0.25, 0.3) is 0 Å². The summed E-state index contributed by atoms with van der Waals surface area (Å²) in [4.78, 5) is 7.07. The molecule has 0 saturated carbocycles. The number of halogens is 2.